The van der Waals surface area contributed by atoms with Gasteiger partial charge in [0.15, 0.2) is 0 Å². The number of ether oxygens (including phenoxy) is 2. The highest BCUT2D eigenvalue weighted by molar-refractivity contribution is 4.91. The third-order valence-electron chi connectivity index (χ3n) is 10.4. The smallest absolute Gasteiger partial charge is 0.0657 e. The van der Waals surface area contributed by atoms with E-state index in [1.165, 1.54) is 103 Å². The van der Waals surface area contributed by atoms with E-state index in [0.717, 1.165) is 42.4 Å². The van der Waals surface area contributed by atoms with Gasteiger partial charge in [-0.15, -0.1) is 0 Å². The van der Waals surface area contributed by atoms with Gasteiger partial charge in [0.1, 0.15) is 0 Å². The maximum Gasteiger partial charge on any atom is 0.0657 e. The molecule has 0 fully saturated rings. The molecule has 6 unspecified atom stereocenters. The summed E-state index contributed by atoms with van der Waals surface area (Å²) < 4.78 is 11.1. The molecular weight excluding hydrogens is 536 g/mol. The van der Waals surface area contributed by atoms with Gasteiger partial charge in [0.2, 0.25) is 0 Å². The Kier molecular flexibility index (Phi) is 25.1. The standard InChI is InChI=1S/C42H82O2/c1-35(23-15-25-37(3)27-17-29-39(5)31-19-33-41(7,8)43-11)21-13-14-22-36(2)24-16-26-38(4)28-18-30-40(6)32-20-34-42(9,10)44-12/h17,20,27,32,35-40H,13-16,18-19,21-26,28-31,33-34H2,1-12H3/b27-17+,32-20+. The van der Waals surface area contributed by atoms with Gasteiger partial charge in [0.25, 0.3) is 0 Å². The van der Waals surface area contributed by atoms with Crippen LogP contribution in [0.15, 0.2) is 24.3 Å². The lowest BCUT2D eigenvalue weighted by atomic mass is 9.90. The summed E-state index contributed by atoms with van der Waals surface area (Å²) in [5.74, 6) is 4.82. The van der Waals surface area contributed by atoms with E-state index in [-0.39, 0.29) is 11.2 Å². The second-order valence-electron chi connectivity index (χ2n) is 16.6. The normalized spacial score (nSPS) is 17.3. The van der Waals surface area contributed by atoms with E-state index in [9.17, 15) is 0 Å². The number of hydrogen-bond donors (Lipinski definition) is 0. The maximum absolute atomic E-state index is 5.55. The Morgan fingerprint density at radius 3 is 1.30 bits per heavy atom. The van der Waals surface area contributed by atoms with Gasteiger partial charge < -0.3 is 9.47 Å². The first-order valence-electron chi connectivity index (χ1n) is 19.1. The van der Waals surface area contributed by atoms with Crippen LogP contribution in [0.25, 0.3) is 0 Å². The molecule has 0 rings (SSSR count). The third-order valence-corrected chi connectivity index (χ3v) is 10.4. The maximum atomic E-state index is 5.55. The fourth-order valence-corrected chi connectivity index (χ4v) is 6.31. The van der Waals surface area contributed by atoms with Crippen molar-refractivity contribution in [3.63, 3.8) is 0 Å². The first-order valence-corrected chi connectivity index (χ1v) is 19.1. The van der Waals surface area contributed by atoms with Gasteiger partial charge >= 0.3 is 0 Å². The summed E-state index contributed by atoms with van der Waals surface area (Å²) in [6.07, 6.45) is 33.7. The molecule has 0 heterocycles. The zero-order chi connectivity index (χ0) is 33.4. The highest BCUT2D eigenvalue weighted by atomic mass is 16.5. The molecule has 0 spiro atoms. The van der Waals surface area contributed by atoms with Crippen LogP contribution >= 0.6 is 0 Å². The van der Waals surface area contributed by atoms with Crippen molar-refractivity contribution in [3.8, 4) is 0 Å². The van der Waals surface area contributed by atoms with Crippen molar-refractivity contribution in [3.05, 3.63) is 24.3 Å². The fourth-order valence-electron chi connectivity index (χ4n) is 6.31. The van der Waals surface area contributed by atoms with Gasteiger partial charge in [0.05, 0.1) is 11.2 Å². The van der Waals surface area contributed by atoms with E-state index in [2.05, 4.69) is 93.5 Å². The van der Waals surface area contributed by atoms with E-state index in [1.54, 1.807) is 7.11 Å². The molecule has 0 amide bonds. The summed E-state index contributed by atoms with van der Waals surface area (Å²) in [6.45, 7) is 23.3. The average molecular weight is 619 g/mol. The SMILES string of the molecule is COC(C)(C)C/C=C/C(C)CCCC(C)CCCC(C)CCCCC(C)CCCC(C)/C=C/CC(C)CCCC(C)(C)OC. The summed E-state index contributed by atoms with van der Waals surface area (Å²) >= 11 is 0. The van der Waals surface area contributed by atoms with Crippen molar-refractivity contribution in [2.45, 2.75) is 196 Å². The van der Waals surface area contributed by atoms with E-state index in [4.69, 9.17) is 9.47 Å². The van der Waals surface area contributed by atoms with E-state index >= 15 is 0 Å². The highest BCUT2D eigenvalue weighted by Crippen LogP contribution is 2.25. The molecule has 0 N–H and O–H groups in total. The monoisotopic (exact) mass is 619 g/mol. The van der Waals surface area contributed by atoms with Gasteiger partial charge in [-0.3, -0.25) is 0 Å². The van der Waals surface area contributed by atoms with Gasteiger partial charge in [-0.25, -0.2) is 0 Å². The van der Waals surface area contributed by atoms with Gasteiger partial charge in [0, 0.05) is 14.2 Å². The summed E-state index contributed by atoms with van der Waals surface area (Å²) in [7, 11) is 3.63. The first-order chi connectivity index (χ1) is 20.7. The summed E-state index contributed by atoms with van der Waals surface area (Å²) in [6, 6.07) is 0. The molecule has 6 atom stereocenters. The van der Waals surface area contributed by atoms with Crippen LogP contribution in [0.2, 0.25) is 0 Å². The van der Waals surface area contributed by atoms with Crippen molar-refractivity contribution in [2.75, 3.05) is 14.2 Å². The minimum Gasteiger partial charge on any atom is -0.379 e. The van der Waals surface area contributed by atoms with Gasteiger partial charge in [-0.2, -0.15) is 0 Å². The van der Waals surface area contributed by atoms with Crippen molar-refractivity contribution in [1.82, 2.24) is 0 Å². The van der Waals surface area contributed by atoms with Crippen molar-refractivity contribution >= 4 is 0 Å². The number of methoxy groups -OCH3 is 2. The van der Waals surface area contributed by atoms with E-state index in [0.29, 0.717) is 5.92 Å². The Morgan fingerprint density at radius 1 is 0.455 bits per heavy atom. The molecule has 0 aliphatic heterocycles. The minimum atomic E-state index is -0.0427. The quantitative estimate of drug-likeness (QED) is 0.0613. The van der Waals surface area contributed by atoms with Crippen LogP contribution in [-0.2, 0) is 9.47 Å². The lowest BCUT2D eigenvalue weighted by molar-refractivity contribution is 0.0128. The van der Waals surface area contributed by atoms with E-state index in [1.807, 2.05) is 7.11 Å². The largest absolute Gasteiger partial charge is 0.379 e. The Balaban J connectivity index is 3.80. The lowest BCUT2D eigenvalue weighted by Gasteiger charge is -2.23. The van der Waals surface area contributed by atoms with Crippen LogP contribution in [0.5, 0.6) is 0 Å². The van der Waals surface area contributed by atoms with Crippen LogP contribution in [0.3, 0.4) is 0 Å². The topological polar surface area (TPSA) is 18.5 Å². The molecule has 262 valence electrons. The molecule has 0 aromatic rings. The lowest BCUT2D eigenvalue weighted by Crippen LogP contribution is -2.22. The van der Waals surface area contributed by atoms with Crippen LogP contribution in [-0.4, -0.2) is 25.4 Å². The fraction of sp³-hybridized carbons (Fsp3) is 0.905. The Labute approximate surface area is 279 Å². The van der Waals surface area contributed by atoms with Crippen LogP contribution in [0, 0.1) is 35.5 Å². The predicted molar refractivity (Wildman–Crippen MR) is 199 cm³/mol. The molecular formula is C42H82O2. The Hall–Kier alpha value is -0.600. The summed E-state index contributed by atoms with van der Waals surface area (Å²) in [5, 5.41) is 0. The minimum absolute atomic E-state index is 0.0266. The summed E-state index contributed by atoms with van der Waals surface area (Å²) in [4.78, 5) is 0. The summed E-state index contributed by atoms with van der Waals surface area (Å²) in [5.41, 5.74) is -0.0162. The second-order valence-corrected chi connectivity index (χ2v) is 16.6. The number of hydrogen-bond acceptors (Lipinski definition) is 2. The highest BCUT2D eigenvalue weighted by Gasteiger charge is 2.16. The number of rotatable bonds is 29. The van der Waals surface area contributed by atoms with Crippen LogP contribution in [0.1, 0.15) is 185 Å². The zero-order valence-electron chi connectivity index (χ0n) is 32.3. The molecule has 2 nitrogen and oxygen atoms in total. The second kappa shape index (κ2) is 25.5. The number of allylic oxidation sites excluding steroid dienone is 3. The molecule has 0 saturated carbocycles. The van der Waals surface area contributed by atoms with Crippen LogP contribution in [0.4, 0.5) is 0 Å². The van der Waals surface area contributed by atoms with Crippen molar-refractivity contribution < 1.29 is 9.47 Å². The van der Waals surface area contributed by atoms with Crippen molar-refractivity contribution in [1.29, 1.82) is 0 Å². The zero-order valence-corrected chi connectivity index (χ0v) is 32.3. The van der Waals surface area contributed by atoms with Gasteiger partial charge in [-0.1, -0.05) is 149 Å². The van der Waals surface area contributed by atoms with Crippen LogP contribution < -0.4 is 0 Å². The molecule has 0 aromatic heterocycles. The molecule has 0 aliphatic rings. The third kappa shape index (κ3) is 26.6. The van der Waals surface area contributed by atoms with Crippen molar-refractivity contribution in [2.24, 2.45) is 35.5 Å². The first kappa shape index (κ1) is 43.4. The van der Waals surface area contributed by atoms with E-state index < -0.39 is 0 Å². The molecule has 0 aliphatic carbocycles. The predicted octanol–water partition coefficient (Wildman–Crippen LogP) is 13.8. The molecule has 44 heavy (non-hydrogen) atoms. The number of unbranched alkanes of at least 4 members (excludes halogenated alkanes) is 1. The average Bonchev–Trinajstić information content (AvgIpc) is 2.95. The molecule has 0 aromatic carbocycles. The van der Waals surface area contributed by atoms with Gasteiger partial charge in [-0.05, 0) is 95.3 Å². The Morgan fingerprint density at radius 2 is 0.841 bits per heavy atom. The molecule has 0 bridgehead atoms. The molecule has 0 radical (unpaired) electrons. The molecule has 2 heteroatoms. The Bertz CT molecular complexity index is 705. The molecule has 0 saturated heterocycles.